The van der Waals surface area contributed by atoms with E-state index in [4.69, 9.17) is 9.47 Å². The van der Waals surface area contributed by atoms with E-state index >= 15 is 0 Å². The van der Waals surface area contributed by atoms with Crippen LogP contribution < -0.4 is 4.74 Å². The first-order valence-electron chi connectivity index (χ1n) is 10.4. The predicted molar refractivity (Wildman–Crippen MR) is 120 cm³/mol. The van der Waals surface area contributed by atoms with Crippen LogP contribution in [0.4, 0.5) is 0 Å². The van der Waals surface area contributed by atoms with Gasteiger partial charge in [0.25, 0.3) is 15.9 Å². The number of sulfonamides is 1. The molecule has 33 heavy (non-hydrogen) atoms. The van der Waals surface area contributed by atoms with Crippen LogP contribution in [0.5, 0.6) is 5.75 Å². The molecular formula is C23H24N2O7S. The fourth-order valence-electron chi connectivity index (χ4n) is 3.95. The number of hydrogen-bond acceptors (Lipinski definition) is 7. The van der Waals surface area contributed by atoms with Gasteiger partial charge in [0.15, 0.2) is 0 Å². The van der Waals surface area contributed by atoms with Gasteiger partial charge in [0.05, 0.1) is 24.3 Å². The summed E-state index contributed by atoms with van der Waals surface area (Å²) in [6.07, 6.45) is -1.25. The Bertz CT molecular complexity index is 1360. The maximum Gasteiger partial charge on any atom is 0.340 e. The van der Waals surface area contributed by atoms with Gasteiger partial charge >= 0.3 is 5.97 Å². The van der Waals surface area contributed by atoms with Crippen LogP contribution in [0.1, 0.15) is 33.3 Å². The lowest BCUT2D eigenvalue weighted by Gasteiger charge is -2.19. The van der Waals surface area contributed by atoms with Crippen LogP contribution in [0.15, 0.2) is 47.4 Å². The molecule has 1 aliphatic heterocycles. The number of benzene rings is 2. The lowest BCUT2D eigenvalue weighted by Crippen LogP contribution is -2.39. The largest absolute Gasteiger partial charge is 0.491 e. The Labute approximate surface area is 191 Å². The minimum Gasteiger partial charge on any atom is -0.491 e. The molecule has 174 valence electrons. The smallest absolute Gasteiger partial charge is 0.340 e. The van der Waals surface area contributed by atoms with E-state index in [1.807, 2.05) is 18.5 Å². The zero-order valence-electron chi connectivity index (χ0n) is 18.4. The summed E-state index contributed by atoms with van der Waals surface area (Å²) in [7, 11) is -2.17. The number of amides is 1. The molecular weight excluding hydrogens is 448 g/mol. The first kappa shape index (κ1) is 22.8. The Hall–Kier alpha value is -3.37. The molecule has 0 spiro atoms. The predicted octanol–water partition coefficient (Wildman–Crippen LogP) is 2.25. The van der Waals surface area contributed by atoms with Crippen molar-refractivity contribution < 1.29 is 32.6 Å². The first-order valence-corrected chi connectivity index (χ1v) is 11.8. The van der Waals surface area contributed by atoms with Gasteiger partial charge in [-0.3, -0.25) is 4.79 Å². The second kappa shape index (κ2) is 8.53. The normalized spacial score (nSPS) is 15.5. The van der Waals surface area contributed by atoms with Crippen molar-refractivity contribution in [1.29, 1.82) is 0 Å². The van der Waals surface area contributed by atoms with Crippen molar-refractivity contribution in [2.75, 3.05) is 19.8 Å². The molecule has 0 radical (unpaired) electrons. The highest BCUT2D eigenvalue weighted by molar-refractivity contribution is 7.90. The summed E-state index contributed by atoms with van der Waals surface area (Å²) in [5.41, 5.74) is 2.09. The van der Waals surface area contributed by atoms with Crippen molar-refractivity contribution in [3.63, 3.8) is 0 Å². The van der Waals surface area contributed by atoms with E-state index in [1.165, 1.54) is 12.1 Å². The Kier molecular flexibility index (Phi) is 5.89. The summed E-state index contributed by atoms with van der Waals surface area (Å²) in [5, 5.41) is 11.1. The highest BCUT2D eigenvalue weighted by atomic mass is 32.2. The summed E-state index contributed by atoms with van der Waals surface area (Å²) in [4.78, 5) is 24.9. The summed E-state index contributed by atoms with van der Waals surface area (Å²) < 4.78 is 38.7. The number of hydrogen-bond donors (Lipinski definition) is 1. The molecule has 1 atom stereocenters. The van der Waals surface area contributed by atoms with Gasteiger partial charge in [-0.05, 0) is 44.2 Å². The monoisotopic (exact) mass is 472 g/mol. The van der Waals surface area contributed by atoms with Crippen LogP contribution in [0.25, 0.3) is 10.9 Å². The van der Waals surface area contributed by atoms with Crippen molar-refractivity contribution in [3.05, 3.63) is 59.3 Å². The number of rotatable bonds is 7. The van der Waals surface area contributed by atoms with E-state index in [9.17, 15) is 23.1 Å². The van der Waals surface area contributed by atoms with Gasteiger partial charge in [0.1, 0.15) is 23.4 Å². The van der Waals surface area contributed by atoms with E-state index in [2.05, 4.69) is 0 Å². The molecule has 1 amide bonds. The molecule has 0 bridgehead atoms. The van der Waals surface area contributed by atoms with Crippen molar-refractivity contribution in [2.24, 2.45) is 7.05 Å². The SMILES string of the molecule is CCOC(=O)c1c(C)n(C)c2ccc(OC[C@@H](O)CN3C(=O)c4ccccc4S3(=O)=O)cc12. The Morgan fingerprint density at radius 3 is 2.61 bits per heavy atom. The number of aryl methyl sites for hydroxylation is 1. The quantitative estimate of drug-likeness (QED) is 0.525. The summed E-state index contributed by atoms with van der Waals surface area (Å²) in [6, 6.07) is 11.1. The Balaban J connectivity index is 1.50. The van der Waals surface area contributed by atoms with Crippen LogP contribution in [0, 0.1) is 6.92 Å². The summed E-state index contributed by atoms with van der Waals surface area (Å²) in [6.45, 7) is 3.12. The van der Waals surface area contributed by atoms with Crippen LogP contribution in [0.2, 0.25) is 0 Å². The molecule has 2 aromatic carbocycles. The van der Waals surface area contributed by atoms with Gasteiger partial charge in [0.2, 0.25) is 0 Å². The number of nitrogens with zero attached hydrogens (tertiary/aromatic N) is 2. The number of ether oxygens (including phenoxy) is 2. The highest BCUT2D eigenvalue weighted by Gasteiger charge is 2.41. The molecule has 0 fully saturated rings. The third kappa shape index (κ3) is 3.85. The third-order valence-electron chi connectivity index (χ3n) is 5.67. The maximum atomic E-state index is 12.6. The number of aromatic nitrogens is 1. The van der Waals surface area contributed by atoms with Crippen LogP contribution in [0.3, 0.4) is 0 Å². The zero-order chi connectivity index (χ0) is 23.9. The van der Waals surface area contributed by atoms with Crippen molar-refractivity contribution in [3.8, 4) is 5.75 Å². The molecule has 0 unspecified atom stereocenters. The molecule has 9 nitrogen and oxygen atoms in total. The number of carbonyl (C=O) groups excluding carboxylic acids is 2. The molecule has 2 heterocycles. The van der Waals surface area contributed by atoms with Gasteiger partial charge in [-0.25, -0.2) is 17.5 Å². The molecule has 3 aromatic rings. The van der Waals surface area contributed by atoms with Crippen molar-refractivity contribution in [1.82, 2.24) is 8.87 Å². The zero-order valence-corrected chi connectivity index (χ0v) is 19.3. The van der Waals surface area contributed by atoms with Gasteiger partial charge in [-0.15, -0.1) is 0 Å². The van der Waals surface area contributed by atoms with E-state index in [1.54, 1.807) is 37.3 Å². The van der Waals surface area contributed by atoms with Crippen molar-refractivity contribution >= 4 is 32.8 Å². The minimum atomic E-state index is -4.01. The van der Waals surface area contributed by atoms with E-state index < -0.39 is 34.5 Å². The summed E-state index contributed by atoms with van der Waals surface area (Å²) in [5.74, 6) is -0.725. The molecule has 1 aliphatic rings. The first-order chi connectivity index (χ1) is 15.7. The Morgan fingerprint density at radius 2 is 1.91 bits per heavy atom. The average molecular weight is 473 g/mol. The number of carbonyl (C=O) groups is 2. The number of fused-ring (bicyclic) bond motifs is 2. The fraction of sp³-hybridized carbons (Fsp3) is 0.304. The standard InChI is InChI=1S/C23H24N2O7S/c1-4-31-23(28)21-14(2)24(3)19-10-9-16(11-18(19)21)32-13-15(26)12-25-22(27)17-7-5-6-8-20(17)33(25,29)30/h5-11,15,26H,4,12-13H2,1-3H3/t15-/m0/s1. The number of aliphatic hydroxyl groups excluding tert-OH is 1. The third-order valence-corrected chi connectivity index (χ3v) is 7.48. The minimum absolute atomic E-state index is 0.0699. The molecule has 4 rings (SSSR count). The molecule has 1 N–H and O–H groups in total. The second-order valence-electron chi connectivity index (χ2n) is 7.72. The Morgan fingerprint density at radius 1 is 1.18 bits per heavy atom. The van der Waals surface area contributed by atoms with E-state index in [0.717, 1.165) is 11.2 Å². The van der Waals surface area contributed by atoms with Crippen LogP contribution in [-0.2, 0) is 21.8 Å². The lowest BCUT2D eigenvalue weighted by molar-refractivity contribution is 0.0527. The van der Waals surface area contributed by atoms with Gasteiger partial charge in [0, 0.05) is 23.6 Å². The molecule has 0 aliphatic carbocycles. The van der Waals surface area contributed by atoms with E-state index in [-0.39, 0.29) is 23.7 Å². The number of esters is 1. The fourth-order valence-corrected chi connectivity index (χ4v) is 5.56. The van der Waals surface area contributed by atoms with Gasteiger partial charge < -0.3 is 19.1 Å². The van der Waals surface area contributed by atoms with Crippen LogP contribution in [-0.4, -0.2) is 60.1 Å². The topological polar surface area (TPSA) is 115 Å². The lowest BCUT2D eigenvalue weighted by atomic mass is 10.1. The van der Waals surface area contributed by atoms with Crippen LogP contribution >= 0.6 is 0 Å². The average Bonchev–Trinajstić information content (AvgIpc) is 3.15. The van der Waals surface area contributed by atoms with Gasteiger partial charge in [-0.2, -0.15) is 0 Å². The highest BCUT2D eigenvalue weighted by Crippen LogP contribution is 2.31. The second-order valence-corrected chi connectivity index (χ2v) is 9.55. The van der Waals surface area contributed by atoms with Gasteiger partial charge in [-0.1, -0.05) is 12.1 Å². The molecule has 0 saturated heterocycles. The van der Waals surface area contributed by atoms with E-state index in [0.29, 0.717) is 21.0 Å². The molecule has 1 aromatic heterocycles. The molecule has 10 heteroatoms. The number of aliphatic hydroxyl groups is 1. The maximum absolute atomic E-state index is 12.6. The number of β-amino-alcohol motifs (C(OH)–C–C–N with tert-alkyl or cyclic N) is 1. The van der Waals surface area contributed by atoms with Crippen molar-refractivity contribution in [2.45, 2.75) is 24.8 Å². The molecule has 0 saturated carbocycles. The summed E-state index contributed by atoms with van der Waals surface area (Å²) >= 11 is 0.